The maximum atomic E-state index is 6.02. The number of nitrogens with zero attached hydrogens (tertiary/aromatic N) is 1. The second kappa shape index (κ2) is 4.85. The third kappa shape index (κ3) is 2.18. The molecule has 3 heteroatoms. The zero-order valence-corrected chi connectivity index (χ0v) is 11.6. The molecular weight excluding hydrogens is 246 g/mol. The lowest BCUT2D eigenvalue weighted by molar-refractivity contribution is 1.25. The van der Waals surface area contributed by atoms with Gasteiger partial charge in [-0.15, -0.1) is 0 Å². The summed E-state index contributed by atoms with van der Waals surface area (Å²) in [6.07, 6.45) is 1.83. The van der Waals surface area contributed by atoms with E-state index < -0.39 is 0 Å². The Morgan fingerprint density at radius 2 is 1.80 bits per heavy atom. The minimum atomic E-state index is 0.546. The van der Waals surface area contributed by atoms with Crippen LogP contribution in [-0.4, -0.2) is 9.97 Å². The largest absolute Gasteiger partial charge is 0.383 e. The SMILES string of the molecule is Cc1ccc(-c2cc(-c3ccccc3C)cnc2N)[nH]1. The molecule has 0 radical (unpaired) electrons. The first-order chi connectivity index (χ1) is 9.65. The number of nitrogen functional groups attached to an aromatic ring is 1. The average Bonchev–Trinajstić information content (AvgIpc) is 2.87. The number of nitrogens with two attached hydrogens (primary N) is 1. The van der Waals surface area contributed by atoms with Gasteiger partial charge in [-0.1, -0.05) is 24.3 Å². The van der Waals surface area contributed by atoms with Gasteiger partial charge in [-0.25, -0.2) is 4.98 Å². The minimum absolute atomic E-state index is 0.546. The molecule has 3 nitrogen and oxygen atoms in total. The van der Waals surface area contributed by atoms with Crippen molar-refractivity contribution in [3.05, 3.63) is 59.9 Å². The van der Waals surface area contributed by atoms with Gasteiger partial charge < -0.3 is 10.7 Å². The number of anilines is 1. The molecule has 0 fully saturated rings. The van der Waals surface area contributed by atoms with Crippen LogP contribution in [-0.2, 0) is 0 Å². The fourth-order valence-corrected chi connectivity index (χ4v) is 2.40. The molecule has 0 amide bonds. The summed E-state index contributed by atoms with van der Waals surface area (Å²) < 4.78 is 0. The van der Waals surface area contributed by atoms with Gasteiger partial charge in [0.15, 0.2) is 0 Å². The molecule has 0 saturated carbocycles. The summed E-state index contributed by atoms with van der Waals surface area (Å²) in [5, 5.41) is 0. The lowest BCUT2D eigenvalue weighted by Gasteiger charge is -2.09. The number of hydrogen-bond donors (Lipinski definition) is 2. The maximum absolute atomic E-state index is 6.02. The molecule has 2 heterocycles. The first-order valence-electron chi connectivity index (χ1n) is 6.62. The first kappa shape index (κ1) is 12.5. The van der Waals surface area contributed by atoms with Crippen molar-refractivity contribution in [2.24, 2.45) is 0 Å². The molecule has 0 aliphatic rings. The number of nitrogens with one attached hydrogen (secondary N) is 1. The van der Waals surface area contributed by atoms with Crippen LogP contribution in [0.15, 0.2) is 48.7 Å². The van der Waals surface area contributed by atoms with Crippen LogP contribution in [0.3, 0.4) is 0 Å². The Kier molecular flexibility index (Phi) is 3.03. The summed E-state index contributed by atoms with van der Waals surface area (Å²) in [7, 11) is 0. The van der Waals surface area contributed by atoms with E-state index in [1.165, 1.54) is 11.1 Å². The number of hydrogen-bond acceptors (Lipinski definition) is 2. The molecule has 2 aromatic heterocycles. The second-order valence-electron chi connectivity index (χ2n) is 5.03. The topological polar surface area (TPSA) is 54.7 Å². The van der Waals surface area contributed by atoms with Crippen LogP contribution in [0.25, 0.3) is 22.4 Å². The molecule has 0 spiro atoms. The minimum Gasteiger partial charge on any atom is -0.383 e. The van der Waals surface area contributed by atoms with Crippen molar-refractivity contribution in [2.45, 2.75) is 13.8 Å². The molecule has 100 valence electrons. The summed E-state index contributed by atoms with van der Waals surface area (Å²) in [6.45, 7) is 4.13. The fraction of sp³-hybridized carbons (Fsp3) is 0.118. The third-order valence-corrected chi connectivity index (χ3v) is 3.50. The average molecular weight is 263 g/mol. The fourth-order valence-electron chi connectivity index (χ4n) is 2.40. The summed E-state index contributed by atoms with van der Waals surface area (Å²) in [6, 6.07) is 14.4. The van der Waals surface area contributed by atoms with E-state index >= 15 is 0 Å². The highest BCUT2D eigenvalue weighted by Crippen LogP contribution is 2.30. The highest BCUT2D eigenvalue weighted by Gasteiger charge is 2.09. The molecule has 0 aliphatic carbocycles. The van der Waals surface area contributed by atoms with E-state index in [1.807, 2.05) is 37.4 Å². The highest BCUT2D eigenvalue weighted by atomic mass is 14.8. The van der Waals surface area contributed by atoms with E-state index in [9.17, 15) is 0 Å². The molecular formula is C17H17N3. The van der Waals surface area contributed by atoms with Crippen molar-refractivity contribution >= 4 is 5.82 Å². The van der Waals surface area contributed by atoms with Crippen molar-refractivity contribution in [1.82, 2.24) is 9.97 Å². The number of rotatable bonds is 2. The summed E-state index contributed by atoms with van der Waals surface area (Å²) in [4.78, 5) is 7.65. The van der Waals surface area contributed by atoms with Crippen LogP contribution in [0, 0.1) is 13.8 Å². The Balaban J connectivity index is 2.14. The molecule has 0 bridgehead atoms. The van der Waals surface area contributed by atoms with Gasteiger partial charge in [-0.05, 0) is 43.2 Å². The van der Waals surface area contributed by atoms with Crippen LogP contribution in [0.2, 0.25) is 0 Å². The van der Waals surface area contributed by atoms with Crippen LogP contribution < -0.4 is 5.73 Å². The van der Waals surface area contributed by atoms with Crippen molar-refractivity contribution in [1.29, 1.82) is 0 Å². The van der Waals surface area contributed by atoms with Gasteiger partial charge in [-0.3, -0.25) is 0 Å². The Morgan fingerprint density at radius 1 is 1.00 bits per heavy atom. The molecule has 3 N–H and O–H groups in total. The smallest absolute Gasteiger partial charge is 0.132 e. The second-order valence-corrected chi connectivity index (χ2v) is 5.03. The monoisotopic (exact) mass is 263 g/mol. The van der Waals surface area contributed by atoms with Gasteiger partial charge in [0.25, 0.3) is 0 Å². The standard InChI is InChI=1S/C17H17N3/c1-11-5-3-4-6-14(11)13-9-15(17(18)19-10-13)16-8-7-12(2)20-16/h3-10,20H,1-2H3,(H2,18,19). The van der Waals surface area contributed by atoms with Gasteiger partial charge in [0, 0.05) is 28.7 Å². The maximum Gasteiger partial charge on any atom is 0.132 e. The Labute approximate surface area is 118 Å². The number of pyridine rings is 1. The Bertz CT molecular complexity index is 756. The number of aryl methyl sites for hydroxylation is 2. The quantitative estimate of drug-likeness (QED) is 0.735. The molecule has 20 heavy (non-hydrogen) atoms. The van der Waals surface area contributed by atoms with Gasteiger partial charge in [0.05, 0.1) is 0 Å². The lowest BCUT2D eigenvalue weighted by atomic mass is 10.00. The van der Waals surface area contributed by atoms with Crippen molar-refractivity contribution in [3.8, 4) is 22.4 Å². The number of benzene rings is 1. The van der Waals surface area contributed by atoms with E-state index in [1.54, 1.807) is 0 Å². The number of H-pyrrole nitrogens is 1. The highest BCUT2D eigenvalue weighted by molar-refractivity contribution is 5.78. The molecule has 0 unspecified atom stereocenters. The molecule has 0 atom stereocenters. The predicted octanol–water partition coefficient (Wildman–Crippen LogP) is 3.94. The van der Waals surface area contributed by atoms with Crippen molar-refractivity contribution in [3.63, 3.8) is 0 Å². The molecule has 1 aromatic carbocycles. The molecule has 0 saturated heterocycles. The van der Waals surface area contributed by atoms with Crippen LogP contribution in [0.1, 0.15) is 11.3 Å². The molecule has 0 aliphatic heterocycles. The van der Waals surface area contributed by atoms with Crippen molar-refractivity contribution < 1.29 is 0 Å². The lowest BCUT2D eigenvalue weighted by Crippen LogP contribution is -1.95. The Hall–Kier alpha value is -2.55. The van der Waals surface area contributed by atoms with E-state index in [-0.39, 0.29) is 0 Å². The Morgan fingerprint density at radius 3 is 2.50 bits per heavy atom. The number of aromatic nitrogens is 2. The zero-order chi connectivity index (χ0) is 14.1. The number of aromatic amines is 1. The van der Waals surface area contributed by atoms with Gasteiger partial charge in [-0.2, -0.15) is 0 Å². The summed E-state index contributed by atoms with van der Waals surface area (Å²) in [5.41, 5.74) is 12.6. The molecule has 3 aromatic rings. The third-order valence-electron chi connectivity index (χ3n) is 3.50. The van der Waals surface area contributed by atoms with E-state index in [0.717, 1.165) is 22.5 Å². The van der Waals surface area contributed by atoms with Gasteiger partial charge >= 0.3 is 0 Å². The van der Waals surface area contributed by atoms with Crippen LogP contribution >= 0.6 is 0 Å². The van der Waals surface area contributed by atoms with Crippen LogP contribution in [0.4, 0.5) is 5.82 Å². The van der Waals surface area contributed by atoms with E-state index in [0.29, 0.717) is 5.82 Å². The normalized spacial score (nSPS) is 10.7. The summed E-state index contributed by atoms with van der Waals surface area (Å²) >= 11 is 0. The van der Waals surface area contributed by atoms with Gasteiger partial charge in [0.2, 0.25) is 0 Å². The van der Waals surface area contributed by atoms with E-state index in [2.05, 4.69) is 35.1 Å². The predicted molar refractivity (Wildman–Crippen MR) is 83.3 cm³/mol. The van der Waals surface area contributed by atoms with Crippen molar-refractivity contribution in [2.75, 3.05) is 5.73 Å². The van der Waals surface area contributed by atoms with Crippen LogP contribution in [0.5, 0.6) is 0 Å². The summed E-state index contributed by atoms with van der Waals surface area (Å²) in [5.74, 6) is 0.546. The first-order valence-corrected chi connectivity index (χ1v) is 6.62. The molecule has 3 rings (SSSR count). The van der Waals surface area contributed by atoms with E-state index in [4.69, 9.17) is 5.73 Å². The van der Waals surface area contributed by atoms with Gasteiger partial charge in [0.1, 0.15) is 5.82 Å². The zero-order valence-electron chi connectivity index (χ0n) is 11.6.